The third-order valence-corrected chi connectivity index (χ3v) is 2.44. The summed E-state index contributed by atoms with van der Waals surface area (Å²) in [4.78, 5) is 0. The van der Waals surface area contributed by atoms with Crippen molar-refractivity contribution in [2.75, 3.05) is 0 Å². The van der Waals surface area contributed by atoms with Gasteiger partial charge in [-0.25, -0.2) is 13.6 Å². The van der Waals surface area contributed by atoms with Crippen molar-refractivity contribution in [3.05, 3.63) is 0 Å². The molecule has 0 bridgehead atoms. The van der Waals surface area contributed by atoms with E-state index in [0.717, 1.165) is 0 Å². The predicted octanol–water partition coefficient (Wildman–Crippen LogP) is 1.05. The summed E-state index contributed by atoms with van der Waals surface area (Å²) in [5.41, 5.74) is 0. The number of hydrogen-bond acceptors (Lipinski definition) is 2. The number of halogens is 9. The third kappa shape index (κ3) is 2.89. The van der Waals surface area contributed by atoms with E-state index in [1.54, 1.807) is 0 Å². The Kier molecular flexibility index (Phi) is 5.72. The van der Waals surface area contributed by atoms with Gasteiger partial charge in [0.2, 0.25) is 0 Å². The van der Waals surface area contributed by atoms with E-state index in [9.17, 15) is 47.9 Å². The van der Waals surface area contributed by atoms with Crippen LogP contribution < -0.4 is 5.14 Å². The molecule has 14 heteroatoms. The van der Waals surface area contributed by atoms with Gasteiger partial charge in [0.25, 0.3) is 10.0 Å². The Morgan fingerprint density at radius 2 is 1.00 bits per heavy atom. The van der Waals surface area contributed by atoms with Crippen molar-refractivity contribution in [3.8, 4) is 0 Å². The molecule has 0 aromatic heterocycles. The van der Waals surface area contributed by atoms with E-state index in [0.29, 0.717) is 0 Å². The Bertz CT molecular complexity index is 401. The molecule has 0 rings (SSSR count). The van der Waals surface area contributed by atoms with Crippen LogP contribution in [0.3, 0.4) is 0 Å². The zero-order chi connectivity index (χ0) is 14.5. The zero-order valence-electron chi connectivity index (χ0n) is 7.20. The Morgan fingerprint density at radius 3 is 1.17 bits per heavy atom. The monoisotopic (exact) mass is 323 g/mol. The Morgan fingerprint density at radius 1 is 0.722 bits per heavy atom. The number of rotatable bonds is 3. The molecule has 0 saturated carbocycles. The molecule has 18 heavy (non-hydrogen) atoms. The van der Waals surface area contributed by atoms with Crippen molar-refractivity contribution in [2.24, 2.45) is 5.14 Å². The molecule has 2 N–H and O–H groups in total. The van der Waals surface area contributed by atoms with Gasteiger partial charge in [0.1, 0.15) is 0 Å². The van der Waals surface area contributed by atoms with E-state index in [2.05, 4.69) is 5.14 Å². The quantitative estimate of drug-likeness (QED) is 0.623. The van der Waals surface area contributed by atoms with Crippen LogP contribution in [0.5, 0.6) is 0 Å². The standard InChI is InChI=1S/C4H2F9NO2S.Na.H/c5-1(6,3(9,10)11)2(7,8)4(12,13)17(14,15)16;;/h(H2,14,15,16);;. The van der Waals surface area contributed by atoms with Gasteiger partial charge in [-0.15, -0.1) is 0 Å². The fraction of sp³-hybridized carbons (Fsp3) is 1.00. The molecule has 0 fully saturated rings. The molecule has 0 aliphatic carbocycles. The Labute approximate surface area is 116 Å². The molecule has 0 heterocycles. The van der Waals surface area contributed by atoms with Gasteiger partial charge in [-0.2, -0.15) is 39.5 Å². The topological polar surface area (TPSA) is 60.2 Å². The van der Waals surface area contributed by atoms with E-state index in [4.69, 9.17) is 0 Å². The summed E-state index contributed by atoms with van der Waals surface area (Å²) in [6.07, 6.45) is -7.08. The van der Waals surface area contributed by atoms with Crippen LogP contribution in [0.4, 0.5) is 39.5 Å². The third-order valence-electron chi connectivity index (χ3n) is 1.47. The van der Waals surface area contributed by atoms with Crippen LogP contribution in [0.15, 0.2) is 0 Å². The summed E-state index contributed by atoms with van der Waals surface area (Å²) in [5.74, 6) is -14.5. The molecule has 106 valence electrons. The second-order valence-electron chi connectivity index (χ2n) is 2.71. The number of hydrogen-bond donors (Lipinski definition) is 1. The van der Waals surface area contributed by atoms with E-state index in [1.807, 2.05) is 0 Å². The average molecular weight is 323 g/mol. The number of sulfonamides is 1. The SMILES string of the molecule is NS(=O)(=O)C(F)(F)C(F)(F)C(F)(F)C(F)(F)F.[NaH]. The normalized spacial score (nSPS) is 15.2. The summed E-state index contributed by atoms with van der Waals surface area (Å²) in [5, 5.41) is -3.30. The van der Waals surface area contributed by atoms with E-state index in [-0.39, 0.29) is 29.6 Å². The second kappa shape index (κ2) is 5.00. The first kappa shape index (κ1) is 20.6. The first-order valence-corrected chi connectivity index (χ1v) is 4.77. The van der Waals surface area contributed by atoms with E-state index < -0.39 is 33.3 Å². The van der Waals surface area contributed by atoms with Gasteiger partial charge in [-0.1, -0.05) is 0 Å². The molecule has 0 aliphatic rings. The number of nitrogens with two attached hydrogens (primary N) is 1. The molecule has 0 unspecified atom stereocenters. The zero-order valence-corrected chi connectivity index (χ0v) is 8.02. The average Bonchev–Trinajstić information content (AvgIpc) is 1.98. The molecule has 0 amide bonds. The van der Waals surface area contributed by atoms with Crippen LogP contribution in [0.25, 0.3) is 0 Å². The summed E-state index contributed by atoms with van der Waals surface area (Å²) < 4.78 is 127. The molecule has 0 saturated heterocycles. The van der Waals surface area contributed by atoms with Crippen molar-refractivity contribution < 1.29 is 47.9 Å². The summed E-state index contributed by atoms with van der Waals surface area (Å²) in [7, 11) is -6.67. The molecular formula is C4H3F9NNaO2S. The molecule has 0 aromatic rings. The van der Waals surface area contributed by atoms with Gasteiger partial charge >= 0.3 is 52.8 Å². The maximum absolute atomic E-state index is 12.3. The van der Waals surface area contributed by atoms with Gasteiger partial charge in [0.15, 0.2) is 0 Å². The number of alkyl halides is 9. The van der Waals surface area contributed by atoms with Crippen molar-refractivity contribution in [3.63, 3.8) is 0 Å². The van der Waals surface area contributed by atoms with Gasteiger partial charge in [-0.3, -0.25) is 0 Å². The first-order valence-electron chi connectivity index (χ1n) is 3.22. The molecule has 0 aromatic carbocycles. The summed E-state index contributed by atoms with van der Waals surface area (Å²) in [6, 6.07) is 0. The van der Waals surface area contributed by atoms with Crippen molar-refractivity contribution in [2.45, 2.75) is 23.3 Å². The minimum absolute atomic E-state index is 0. The van der Waals surface area contributed by atoms with Crippen LogP contribution in [0, 0.1) is 0 Å². The number of primary sulfonamides is 1. The summed E-state index contributed by atoms with van der Waals surface area (Å²) in [6.45, 7) is 0. The van der Waals surface area contributed by atoms with Crippen LogP contribution in [0.1, 0.15) is 0 Å². The van der Waals surface area contributed by atoms with E-state index >= 15 is 0 Å². The van der Waals surface area contributed by atoms with Gasteiger partial charge < -0.3 is 0 Å². The van der Waals surface area contributed by atoms with Crippen molar-refractivity contribution >= 4 is 39.6 Å². The van der Waals surface area contributed by atoms with Crippen LogP contribution >= 0.6 is 0 Å². The Hall–Kier alpha value is 0.280. The predicted molar refractivity (Wildman–Crippen MR) is 41.2 cm³/mol. The molecule has 0 spiro atoms. The van der Waals surface area contributed by atoms with Gasteiger partial charge in [0.05, 0.1) is 0 Å². The van der Waals surface area contributed by atoms with Gasteiger partial charge in [0, 0.05) is 0 Å². The van der Waals surface area contributed by atoms with Crippen LogP contribution in [0.2, 0.25) is 0 Å². The molecule has 0 radical (unpaired) electrons. The van der Waals surface area contributed by atoms with E-state index in [1.165, 1.54) is 0 Å². The Balaban J connectivity index is 0. The maximum atomic E-state index is 12.3. The minimum atomic E-state index is -7.27. The van der Waals surface area contributed by atoms with Gasteiger partial charge in [-0.05, 0) is 0 Å². The molecular weight excluding hydrogens is 320 g/mol. The first-order chi connectivity index (χ1) is 7.00. The van der Waals surface area contributed by atoms with Crippen LogP contribution in [-0.4, -0.2) is 61.3 Å². The fourth-order valence-electron chi connectivity index (χ4n) is 0.539. The summed E-state index contributed by atoms with van der Waals surface area (Å²) >= 11 is 0. The molecule has 3 nitrogen and oxygen atoms in total. The molecule has 0 aliphatic heterocycles. The van der Waals surface area contributed by atoms with Crippen molar-refractivity contribution in [1.29, 1.82) is 0 Å². The second-order valence-corrected chi connectivity index (χ2v) is 4.31. The van der Waals surface area contributed by atoms with Crippen molar-refractivity contribution in [1.82, 2.24) is 0 Å². The van der Waals surface area contributed by atoms with Crippen LogP contribution in [-0.2, 0) is 10.0 Å². The fourth-order valence-corrected chi connectivity index (χ4v) is 1.02. The molecule has 0 atom stereocenters.